The number of hydrogen-bond acceptors (Lipinski definition) is 3. The molecule has 0 aliphatic heterocycles. The fourth-order valence-corrected chi connectivity index (χ4v) is 3.74. The zero-order valence-electron chi connectivity index (χ0n) is 15.5. The molecule has 0 radical (unpaired) electrons. The van der Waals surface area contributed by atoms with E-state index in [1.54, 1.807) is 30.3 Å². The van der Waals surface area contributed by atoms with E-state index in [1.165, 1.54) is 37.0 Å². The van der Waals surface area contributed by atoms with Crippen LogP contribution in [0, 0.1) is 5.41 Å². The number of thiophene rings is 1. The quantitative estimate of drug-likeness (QED) is 0.359. The summed E-state index contributed by atoms with van der Waals surface area (Å²) in [7, 11) is 3.52. The van der Waals surface area contributed by atoms with Crippen molar-refractivity contribution in [2.45, 2.75) is 45.6 Å². The van der Waals surface area contributed by atoms with E-state index in [-0.39, 0.29) is 36.4 Å². The SMILES string of the molecule is CCC1(CNC(=NCC(=O)N(C)C)NCc2cccs2)CCCC1.I. The summed E-state index contributed by atoms with van der Waals surface area (Å²) < 4.78 is 0. The Balaban J connectivity index is 0.00000312. The van der Waals surface area contributed by atoms with Gasteiger partial charge in [0, 0.05) is 25.5 Å². The number of amides is 1. The molecule has 2 rings (SSSR count). The maximum absolute atomic E-state index is 11.8. The Labute approximate surface area is 172 Å². The molecule has 0 atom stereocenters. The molecule has 1 fully saturated rings. The van der Waals surface area contributed by atoms with Gasteiger partial charge in [-0.05, 0) is 36.1 Å². The van der Waals surface area contributed by atoms with E-state index in [0.717, 1.165) is 19.0 Å². The molecule has 1 heterocycles. The molecule has 25 heavy (non-hydrogen) atoms. The Morgan fingerprint density at radius 1 is 1.32 bits per heavy atom. The number of guanidine groups is 1. The van der Waals surface area contributed by atoms with Crippen molar-refractivity contribution in [1.29, 1.82) is 0 Å². The fraction of sp³-hybridized carbons (Fsp3) is 0.667. The summed E-state index contributed by atoms with van der Waals surface area (Å²) in [4.78, 5) is 19.1. The standard InChI is InChI=1S/C18H30N4OS.HI/c1-4-18(9-5-6-10-18)14-21-17(20-13-16(23)22(2)3)19-12-15-8-7-11-24-15;/h7-8,11H,4-6,9-10,12-14H2,1-3H3,(H2,19,20,21);1H. The van der Waals surface area contributed by atoms with Crippen LogP contribution < -0.4 is 10.6 Å². The maximum atomic E-state index is 11.8. The van der Waals surface area contributed by atoms with E-state index in [0.29, 0.717) is 5.41 Å². The smallest absolute Gasteiger partial charge is 0.243 e. The third-order valence-corrected chi connectivity index (χ3v) is 5.80. The molecule has 1 aliphatic rings. The molecule has 5 nitrogen and oxygen atoms in total. The predicted molar refractivity (Wildman–Crippen MR) is 117 cm³/mol. The average Bonchev–Trinajstić information content (AvgIpc) is 3.26. The van der Waals surface area contributed by atoms with Crippen molar-refractivity contribution in [2.75, 3.05) is 27.2 Å². The Kier molecular flexibility index (Phi) is 9.78. The first-order valence-corrected chi connectivity index (χ1v) is 9.67. The van der Waals surface area contributed by atoms with Crippen LogP contribution in [0.4, 0.5) is 0 Å². The van der Waals surface area contributed by atoms with Crippen LogP contribution in [-0.2, 0) is 11.3 Å². The number of hydrogen-bond donors (Lipinski definition) is 2. The van der Waals surface area contributed by atoms with Gasteiger partial charge in [0.25, 0.3) is 0 Å². The molecule has 0 saturated heterocycles. The second-order valence-corrected chi connectivity index (χ2v) is 7.83. The predicted octanol–water partition coefficient (Wildman–Crippen LogP) is 3.46. The van der Waals surface area contributed by atoms with E-state index in [9.17, 15) is 4.79 Å². The molecule has 1 aliphatic carbocycles. The van der Waals surface area contributed by atoms with Crippen LogP contribution in [0.25, 0.3) is 0 Å². The third-order valence-electron chi connectivity index (χ3n) is 4.93. The lowest BCUT2D eigenvalue weighted by Gasteiger charge is -2.28. The Morgan fingerprint density at radius 3 is 2.60 bits per heavy atom. The first-order chi connectivity index (χ1) is 11.5. The third kappa shape index (κ3) is 7.13. The van der Waals surface area contributed by atoms with Crippen LogP contribution in [0.5, 0.6) is 0 Å². The van der Waals surface area contributed by atoms with Gasteiger partial charge in [0.2, 0.25) is 5.91 Å². The van der Waals surface area contributed by atoms with Gasteiger partial charge in [-0.15, -0.1) is 35.3 Å². The monoisotopic (exact) mass is 478 g/mol. The van der Waals surface area contributed by atoms with Crippen molar-refractivity contribution in [3.8, 4) is 0 Å². The summed E-state index contributed by atoms with van der Waals surface area (Å²) in [6, 6.07) is 4.15. The molecule has 2 N–H and O–H groups in total. The summed E-state index contributed by atoms with van der Waals surface area (Å²) >= 11 is 1.72. The minimum Gasteiger partial charge on any atom is -0.356 e. The highest BCUT2D eigenvalue weighted by Crippen LogP contribution is 2.40. The number of carbonyl (C=O) groups excluding carboxylic acids is 1. The van der Waals surface area contributed by atoms with Gasteiger partial charge in [0.05, 0.1) is 6.54 Å². The molecule has 0 aromatic carbocycles. The van der Waals surface area contributed by atoms with Gasteiger partial charge in [-0.2, -0.15) is 0 Å². The summed E-state index contributed by atoms with van der Waals surface area (Å²) in [6.45, 7) is 4.11. The summed E-state index contributed by atoms with van der Waals surface area (Å²) in [5.41, 5.74) is 0.386. The number of halogens is 1. The summed E-state index contributed by atoms with van der Waals surface area (Å²) in [5.74, 6) is 0.747. The molecular formula is C18H31IN4OS. The van der Waals surface area contributed by atoms with Crippen LogP contribution >= 0.6 is 35.3 Å². The van der Waals surface area contributed by atoms with Crippen molar-refractivity contribution in [1.82, 2.24) is 15.5 Å². The van der Waals surface area contributed by atoms with E-state index in [1.807, 2.05) is 6.07 Å². The van der Waals surface area contributed by atoms with Gasteiger partial charge < -0.3 is 15.5 Å². The Bertz CT molecular complexity index is 539. The lowest BCUT2D eigenvalue weighted by Crippen LogP contribution is -2.43. The van der Waals surface area contributed by atoms with Crippen LogP contribution in [0.1, 0.15) is 43.9 Å². The first kappa shape index (κ1) is 22.2. The van der Waals surface area contributed by atoms with Crippen molar-refractivity contribution < 1.29 is 4.79 Å². The lowest BCUT2D eigenvalue weighted by atomic mass is 9.83. The molecule has 142 valence electrons. The summed E-state index contributed by atoms with van der Waals surface area (Å²) in [6.07, 6.45) is 6.40. The highest BCUT2D eigenvalue weighted by Gasteiger charge is 2.31. The molecule has 0 spiro atoms. The summed E-state index contributed by atoms with van der Waals surface area (Å²) in [5, 5.41) is 8.91. The lowest BCUT2D eigenvalue weighted by molar-refractivity contribution is -0.127. The zero-order chi connectivity index (χ0) is 17.4. The van der Waals surface area contributed by atoms with Gasteiger partial charge >= 0.3 is 0 Å². The van der Waals surface area contributed by atoms with Gasteiger partial charge in [-0.1, -0.05) is 25.8 Å². The van der Waals surface area contributed by atoms with Gasteiger partial charge in [0.15, 0.2) is 5.96 Å². The zero-order valence-corrected chi connectivity index (χ0v) is 18.7. The van der Waals surface area contributed by atoms with E-state index in [4.69, 9.17) is 0 Å². The number of nitrogens with zero attached hydrogens (tertiary/aromatic N) is 2. The number of likely N-dealkylation sites (N-methyl/N-ethyl adjacent to an activating group) is 1. The Hall–Kier alpha value is -0.830. The molecule has 1 aromatic heterocycles. The van der Waals surface area contributed by atoms with Crippen LogP contribution in [-0.4, -0.2) is 44.0 Å². The van der Waals surface area contributed by atoms with Gasteiger partial charge in [-0.3, -0.25) is 4.79 Å². The molecule has 1 aromatic rings. The van der Waals surface area contributed by atoms with Crippen molar-refractivity contribution in [2.24, 2.45) is 10.4 Å². The molecule has 1 amide bonds. The molecule has 0 bridgehead atoms. The van der Waals surface area contributed by atoms with Crippen LogP contribution in [0.15, 0.2) is 22.5 Å². The minimum atomic E-state index is 0. The van der Waals surface area contributed by atoms with Crippen molar-refractivity contribution in [3.63, 3.8) is 0 Å². The average molecular weight is 478 g/mol. The van der Waals surface area contributed by atoms with Crippen molar-refractivity contribution in [3.05, 3.63) is 22.4 Å². The van der Waals surface area contributed by atoms with Crippen molar-refractivity contribution >= 4 is 47.2 Å². The molecule has 1 saturated carbocycles. The van der Waals surface area contributed by atoms with Crippen LogP contribution in [0.2, 0.25) is 0 Å². The molecular weight excluding hydrogens is 447 g/mol. The fourth-order valence-electron chi connectivity index (χ4n) is 3.10. The number of rotatable bonds is 7. The first-order valence-electron chi connectivity index (χ1n) is 8.79. The van der Waals surface area contributed by atoms with E-state index in [2.05, 4.69) is 34.0 Å². The van der Waals surface area contributed by atoms with Crippen LogP contribution in [0.3, 0.4) is 0 Å². The minimum absolute atomic E-state index is 0. The largest absolute Gasteiger partial charge is 0.356 e. The van der Waals surface area contributed by atoms with E-state index < -0.39 is 0 Å². The second kappa shape index (κ2) is 11.0. The second-order valence-electron chi connectivity index (χ2n) is 6.80. The maximum Gasteiger partial charge on any atom is 0.243 e. The normalized spacial score (nSPS) is 16.2. The Morgan fingerprint density at radius 2 is 2.04 bits per heavy atom. The highest BCUT2D eigenvalue weighted by molar-refractivity contribution is 14.0. The number of aliphatic imine (C=N–C) groups is 1. The molecule has 7 heteroatoms. The van der Waals surface area contributed by atoms with E-state index >= 15 is 0 Å². The van der Waals surface area contributed by atoms with Gasteiger partial charge in [-0.25, -0.2) is 4.99 Å². The number of nitrogens with one attached hydrogen (secondary N) is 2. The molecule has 0 unspecified atom stereocenters. The van der Waals surface area contributed by atoms with Gasteiger partial charge in [0.1, 0.15) is 6.54 Å². The number of carbonyl (C=O) groups is 1. The topological polar surface area (TPSA) is 56.7 Å². The highest BCUT2D eigenvalue weighted by atomic mass is 127.